The van der Waals surface area contributed by atoms with Crippen LogP contribution in [0.15, 0.2) is 23.0 Å². The lowest BCUT2D eigenvalue weighted by Crippen LogP contribution is -2.39. The first kappa shape index (κ1) is 20.6. The van der Waals surface area contributed by atoms with Crippen LogP contribution in [0.25, 0.3) is 0 Å². The molecule has 1 amide bonds. The average Bonchev–Trinajstić information content (AvgIpc) is 2.68. The first-order chi connectivity index (χ1) is 13.3. The Morgan fingerprint density at radius 3 is 2.75 bits per heavy atom. The Balaban J connectivity index is 1.87. The smallest absolute Gasteiger partial charge is 0.297 e. The van der Waals surface area contributed by atoms with Crippen LogP contribution in [0.5, 0.6) is 5.75 Å². The fourth-order valence-corrected chi connectivity index (χ4v) is 4.43. The van der Waals surface area contributed by atoms with E-state index in [0.29, 0.717) is 27.9 Å². The van der Waals surface area contributed by atoms with E-state index < -0.39 is 33.9 Å². The van der Waals surface area contributed by atoms with Gasteiger partial charge in [0, 0.05) is 25.9 Å². The standard InChI is InChI=1S/C17H18Cl2N4O4S/c1-22-16(26)14(24)13(21-17(22)23-6-2-3-7-28(23)27)15(25)20-9-10-4-5-11(18)12(19)8-10/h4-5,8,24H,2-3,6-7,9H2,1H3,(H,20,25). The molecule has 0 bridgehead atoms. The number of halogens is 2. The van der Waals surface area contributed by atoms with Gasteiger partial charge in [0.2, 0.25) is 11.7 Å². The SMILES string of the molecule is Cn1c(N2CCCCS2=O)nc(C(=O)NCc2ccc(Cl)c(Cl)c2)c(O)c1=O. The van der Waals surface area contributed by atoms with Gasteiger partial charge >= 0.3 is 0 Å². The third-order valence-corrected chi connectivity index (χ3v) is 6.51. The van der Waals surface area contributed by atoms with Crippen molar-refractivity contribution in [2.24, 2.45) is 7.05 Å². The second-order valence-corrected chi connectivity index (χ2v) is 8.55. The molecule has 1 aromatic carbocycles. The van der Waals surface area contributed by atoms with Crippen LogP contribution in [-0.4, -0.2) is 37.1 Å². The summed E-state index contributed by atoms with van der Waals surface area (Å²) in [4.78, 5) is 29.0. The van der Waals surface area contributed by atoms with Crippen LogP contribution in [0.1, 0.15) is 28.9 Å². The highest BCUT2D eigenvalue weighted by Gasteiger charge is 2.26. The van der Waals surface area contributed by atoms with Crippen molar-refractivity contribution in [3.05, 3.63) is 49.9 Å². The van der Waals surface area contributed by atoms with E-state index >= 15 is 0 Å². The van der Waals surface area contributed by atoms with Gasteiger partial charge in [-0.25, -0.2) is 9.19 Å². The molecule has 150 valence electrons. The number of amides is 1. The van der Waals surface area contributed by atoms with E-state index in [0.717, 1.165) is 17.4 Å². The van der Waals surface area contributed by atoms with E-state index in [1.165, 1.54) is 11.4 Å². The number of hydrogen-bond acceptors (Lipinski definition) is 5. The molecule has 1 saturated heterocycles. The summed E-state index contributed by atoms with van der Waals surface area (Å²) in [6, 6.07) is 4.89. The number of aromatic nitrogens is 2. The lowest BCUT2D eigenvalue weighted by atomic mass is 10.2. The summed E-state index contributed by atoms with van der Waals surface area (Å²) in [5, 5.41) is 13.4. The number of benzene rings is 1. The van der Waals surface area contributed by atoms with Gasteiger partial charge in [-0.2, -0.15) is 0 Å². The lowest BCUT2D eigenvalue weighted by Gasteiger charge is -2.27. The molecule has 1 fully saturated rings. The summed E-state index contributed by atoms with van der Waals surface area (Å²) in [5.74, 6) is -0.957. The summed E-state index contributed by atoms with van der Waals surface area (Å²) in [7, 11) is 0.0669. The molecule has 0 radical (unpaired) electrons. The van der Waals surface area contributed by atoms with Crippen LogP contribution in [0.4, 0.5) is 5.95 Å². The summed E-state index contributed by atoms with van der Waals surface area (Å²) in [5.41, 5.74) is -0.517. The summed E-state index contributed by atoms with van der Waals surface area (Å²) in [6.45, 7) is 0.541. The predicted octanol–water partition coefficient (Wildman–Crippen LogP) is 1.99. The number of rotatable bonds is 4. The highest BCUT2D eigenvalue weighted by atomic mass is 35.5. The third kappa shape index (κ3) is 4.16. The van der Waals surface area contributed by atoms with Crippen molar-refractivity contribution in [3.8, 4) is 5.75 Å². The topological polar surface area (TPSA) is 105 Å². The number of aromatic hydroxyl groups is 1. The van der Waals surface area contributed by atoms with Gasteiger partial charge in [-0.15, -0.1) is 0 Å². The van der Waals surface area contributed by atoms with E-state index in [-0.39, 0.29) is 12.5 Å². The van der Waals surface area contributed by atoms with Gasteiger partial charge in [0.05, 0.1) is 10.0 Å². The predicted molar refractivity (Wildman–Crippen MR) is 108 cm³/mol. The zero-order chi connectivity index (χ0) is 20.4. The van der Waals surface area contributed by atoms with E-state index in [2.05, 4.69) is 10.3 Å². The molecule has 2 heterocycles. The Labute approximate surface area is 173 Å². The maximum Gasteiger partial charge on any atom is 0.297 e. The molecule has 0 saturated carbocycles. The van der Waals surface area contributed by atoms with Gasteiger partial charge < -0.3 is 10.4 Å². The molecule has 1 aliphatic rings. The molecular formula is C17H18Cl2N4O4S. The van der Waals surface area contributed by atoms with Gasteiger partial charge in [0.1, 0.15) is 11.0 Å². The number of nitrogens with one attached hydrogen (secondary N) is 1. The summed E-state index contributed by atoms with van der Waals surface area (Å²) < 4.78 is 14.9. The first-order valence-electron chi connectivity index (χ1n) is 8.47. The van der Waals surface area contributed by atoms with Crippen LogP contribution >= 0.6 is 23.2 Å². The van der Waals surface area contributed by atoms with Gasteiger partial charge in [0.25, 0.3) is 11.5 Å². The van der Waals surface area contributed by atoms with Crippen molar-refractivity contribution >= 4 is 46.0 Å². The monoisotopic (exact) mass is 444 g/mol. The van der Waals surface area contributed by atoms with E-state index in [1.54, 1.807) is 18.2 Å². The summed E-state index contributed by atoms with van der Waals surface area (Å²) >= 11 is 11.8. The zero-order valence-corrected chi connectivity index (χ0v) is 17.3. The van der Waals surface area contributed by atoms with E-state index in [4.69, 9.17) is 23.2 Å². The van der Waals surface area contributed by atoms with Crippen molar-refractivity contribution in [1.82, 2.24) is 14.9 Å². The van der Waals surface area contributed by atoms with Crippen molar-refractivity contribution < 1.29 is 14.1 Å². The molecule has 1 unspecified atom stereocenters. The molecule has 28 heavy (non-hydrogen) atoms. The van der Waals surface area contributed by atoms with Crippen molar-refractivity contribution in [2.45, 2.75) is 19.4 Å². The number of hydrogen-bond donors (Lipinski definition) is 2. The van der Waals surface area contributed by atoms with Crippen LogP contribution in [0.2, 0.25) is 10.0 Å². The highest BCUT2D eigenvalue weighted by molar-refractivity contribution is 7.86. The third-order valence-electron chi connectivity index (χ3n) is 4.29. The Bertz CT molecular complexity index is 1010. The van der Waals surface area contributed by atoms with Crippen molar-refractivity contribution in [2.75, 3.05) is 16.6 Å². The highest BCUT2D eigenvalue weighted by Crippen LogP contribution is 2.23. The quantitative estimate of drug-likeness (QED) is 0.749. The lowest BCUT2D eigenvalue weighted by molar-refractivity contribution is 0.0942. The first-order valence-corrected chi connectivity index (χ1v) is 10.5. The van der Waals surface area contributed by atoms with E-state index in [1.807, 2.05) is 0 Å². The maximum absolute atomic E-state index is 12.5. The molecular weight excluding hydrogens is 427 g/mol. The molecule has 1 atom stereocenters. The fraction of sp³-hybridized carbons (Fsp3) is 0.353. The molecule has 0 aliphatic carbocycles. The molecule has 3 rings (SSSR count). The normalized spacial score (nSPS) is 16.8. The van der Waals surface area contributed by atoms with Gasteiger partial charge in [-0.05, 0) is 30.5 Å². The fourth-order valence-electron chi connectivity index (χ4n) is 2.76. The van der Waals surface area contributed by atoms with Crippen molar-refractivity contribution in [3.63, 3.8) is 0 Å². The van der Waals surface area contributed by atoms with Crippen LogP contribution in [0, 0.1) is 0 Å². The molecule has 1 aromatic heterocycles. The largest absolute Gasteiger partial charge is 0.501 e. The minimum absolute atomic E-state index is 0.0838. The van der Waals surface area contributed by atoms with Crippen LogP contribution < -0.4 is 15.2 Å². The Morgan fingerprint density at radius 1 is 1.32 bits per heavy atom. The zero-order valence-electron chi connectivity index (χ0n) is 14.9. The Morgan fingerprint density at radius 2 is 2.07 bits per heavy atom. The van der Waals surface area contributed by atoms with Crippen LogP contribution in [-0.2, 0) is 24.6 Å². The summed E-state index contributed by atoms with van der Waals surface area (Å²) in [6.07, 6.45) is 1.60. The van der Waals surface area contributed by atoms with Crippen LogP contribution in [0.3, 0.4) is 0 Å². The van der Waals surface area contributed by atoms with Gasteiger partial charge in [-0.3, -0.25) is 18.5 Å². The average molecular weight is 445 g/mol. The molecule has 11 heteroatoms. The number of nitrogens with zero attached hydrogens (tertiary/aromatic N) is 3. The maximum atomic E-state index is 12.5. The Hall–Kier alpha value is -2.10. The van der Waals surface area contributed by atoms with Gasteiger partial charge in [-0.1, -0.05) is 29.3 Å². The second-order valence-electron chi connectivity index (χ2n) is 6.24. The number of anilines is 1. The van der Waals surface area contributed by atoms with Gasteiger partial charge in [0.15, 0.2) is 5.69 Å². The minimum Gasteiger partial charge on any atom is -0.501 e. The Kier molecular flexibility index (Phi) is 6.26. The molecule has 1 aliphatic heterocycles. The minimum atomic E-state index is -1.34. The molecule has 2 N–H and O–H groups in total. The second kappa shape index (κ2) is 8.50. The number of carbonyl (C=O) groups is 1. The molecule has 0 spiro atoms. The number of carbonyl (C=O) groups excluding carboxylic acids is 1. The van der Waals surface area contributed by atoms with E-state index in [9.17, 15) is 18.9 Å². The van der Waals surface area contributed by atoms with Crippen molar-refractivity contribution in [1.29, 1.82) is 0 Å². The molecule has 8 nitrogen and oxygen atoms in total. The molecule has 2 aromatic rings.